The molecule has 3 aromatic heterocycles. The number of carbonyl (C=O) groups excluding carboxylic acids is 1. The van der Waals surface area contributed by atoms with Crippen molar-refractivity contribution >= 4 is 50.4 Å². The van der Waals surface area contributed by atoms with Crippen LogP contribution in [0, 0.1) is 0 Å². The topological polar surface area (TPSA) is 92.9 Å². The van der Waals surface area contributed by atoms with Crippen molar-refractivity contribution in [2.75, 3.05) is 10.6 Å². The lowest BCUT2D eigenvalue weighted by molar-refractivity contribution is 0.102. The van der Waals surface area contributed by atoms with E-state index in [-0.39, 0.29) is 23.3 Å². The summed E-state index contributed by atoms with van der Waals surface area (Å²) < 4.78 is 26.1. The molecule has 3 heterocycles. The molecule has 0 radical (unpaired) electrons. The molecule has 1 amide bonds. The van der Waals surface area contributed by atoms with Crippen LogP contribution in [0.1, 0.15) is 48.0 Å². The molecular weight excluding hydrogens is 404 g/mol. The largest absolute Gasteiger partial charge is 0.364 e. The Morgan fingerprint density at radius 1 is 1.25 bits per heavy atom. The van der Waals surface area contributed by atoms with Gasteiger partial charge < -0.3 is 16.4 Å². The van der Waals surface area contributed by atoms with Gasteiger partial charge in [-0.25, -0.2) is 18.7 Å². The Morgan fingerprint density at radius 3 is 2.86 bits per heavy atom. The van der Waals surface area contributed by atoms with Gasteiger partial charge in [-0.2, -0.15) is 0 Å². The Bertz CT molecular complexity index is 989. The van der Waals surface area contributed by atoms with Crippen molar-refractivity contribution in [3.05, 3.63) is 33.5 Å². The first-order valence-electron chi connectivity index (χ1n) is 8.95. The molecule has 2 atom stereocenters. The summed E-state index contributed by atoms with van der Waals surface area (Å²) in [6, 6.07) is 0.179. The molecule has 1 fully saturated rings. The highest BCUT2D eigenvalue weighted by Crippen LogP contribution is 2.32. The Balaban J connectivity index is 1.57. The average molecular weight is 424 g/mol. The van der Waals surface area contributed by atoms with Gasteiger partial charge in [0.15, 0.2) is 0 Å². The van der Waals surface area contributed by atoms with Crippen molar-refractivity contribution in [1.29, 1.82) is 0 Å². The third kappa shape index (κ3) is 3.85. The summed E-state index contributed by atoms with van der Waals surface area (Å²) in [5.74, 6) is 0.0819. The van der Waals surface area contributed by atoms with Crippen molar-refractivity contribution in [3.8, 4) is 0 Å². The first-order chi connectivity index (χ1) is 13.5. The lowest BCUT2D eigenvalue weighted by Gasteiger charge is -2.29. The predicted octanol–water partition coefficient (Wildman–Crippen LogP) is 4.62. The molecule has 148 valence electrons. The highest BCUT2D eigenvalue weighted by molar-refractivity contribution is 7.17. The van der Waals surface area contributed by atoms with Crippen LogP contribution in [0.15, 0.2) is 22.3 Å². The van der Waals surface area contributed by atoms with Crippen molar-refractivity contribution < 1.29 is 13.6 Å². The Labute approximate surface area is 168 Å². The van der Waals surface area contributed by atoms with Crippen LogP contribution in [0.2, 0.25) is 0 Å². The Kier molecular flexibility index (Phi) is 5.51. The first kappa shape index (κ1) is 19.2. The number of anilines is 2. The van der Waals surface area contributed by atoms with E-state index in [2.05, 4.69) is 20.6 Å². The van der Waals surface area contributed by atoms with Gasteiger partial charge >= 0.3 is 0 Å². The maximum Gasteiger partial charge on any atom is 0.266 e. The molecule has 4 N–H and O–H groups in total. The number of carbonyl (C=O) groups is 1. The molecule has 6 nitrogen and oxygen atoms in total. The van der Waals surface area contributed by atoms with E-state index < -0.39 is 12.3 Å². The summed E-state index contributed by atoms with van der Waals surface area (Å²) in [7, 11) is 0. The van der Waals surface area contributed by atoms with Gasteiger partial charge in [0.25, 0.3) is 12.3 Å². The number of hydrogen-bond acceptors (Lipinski definition) is 7. The summed E-state index contributed by atoms with van der Waals surface area (Å²) in [4.78, 5) is 22.2. The highest BCUT2D eigenvalue weighted by atomic mass is 32.1. The number of nitrogens with zero attached hydrogens (tertiary/aromatic N) is 2. The summed E-state index contributed by atoms with van der Waals surface area (Å²) >= 11 is 2.41. The third-order valence-corrected chi connectivity index (χ3v) is 6.49. The summed E-state index contributed by atoms with van der Waals surface area (Å²) in [5, 5.41) is 10.4. The summed E-state index contributed by atoms with van der Waals surface area (Å²) in [6.45, 7) is 0. The van der Waals surface area contributed by atoms with Gasteiger partial charge in [0.05, 0.1) is 23.0 Å². The van der Waals surface area contributed by atoms with E-state index in [9.17, 15) is 13.6 Å². The highest BCUT2D eigenvalue weighted by Gasteiger charge is 2.23. The number of rotatable bonds is 5. The molecule has 1 saturated carbocycles. The minimum Gasteiger partial charge on any atom is -0.364 e. The van der Waals surface area contributed by atoms with Gasteiger partial charge in [-0.1, -0.05) is 12.8 Å². The van der Waals surface area contributed by atoms with Gasteiger partial charge in [-0.15, -0.1) is 22.7 Å². The maximum atomic E-state index is 13.0. The van der Waals surface area contributed by atoms with E-state index in [0.29, 0.717) is 21.7 Å². The van der Waals surface area contributed by atoms with Crippen molar-refractivity contribution in [2.24, 2.45) is 5.73 Å². The van der Waals surface area contributed by atoms with E-state index in [4.69, 9.17) is 5.73 Å². The van der Waals surface area contributed by atoms with Gasteiger partial charge in [0.1, 0.15) is 16.2 Å². The zero-order chi connectivity index (χ0) is 19.7. The van der Waals surface area contributed by atoms with Gasteiger partial charge in [0.2, 0.25) is 0 Å². The first-order valence-corrected chi connectivity index (χ1v) is 10.8. The normalized spacial score (nSPS) is 19.9. The van der Waals surface area contributed by atoms with Gasteiger partial charge in [0, 0.05) is 28.2 Å². The average Bonchev–Trinajstić information content (AvgIpc) is 3.30. The van der Waals surface area contributed by atoms with E-state index >= 15 is 0 Å². The van der Waals surface area contributed by atoms with Crippen LogP contribution < -0.4 is 16.4 Å². The smallest absolute Gasteiger partial charge is 0.266 e. The van der Waals surface area contributed by atoms with Crippen LogP contribution in [0.5, 0.6) is 0 Å². The Morgan fingerprint density at radius 2 is 2.07 bits per heavy atom. The second-order valence-corrected chi connectivity index (χ2v) is 8.35. The third-order valence-electron chi connectivity index (χ3n) is 4.85. The lowest BCUT2D eigenvalue weighted by Crippen LogP contribution is -2.42. The number of aromatic nitrogens is 2. The van der Waals surface area contributed by atoms with E-state index in [1.807, 2.05) is 0 Å². The molecule has 0 aromatic carbocycles. The zero-order valence-corrected chi connectivity index (χ0v) is 16.5. The molecule has 1 aliphatic rings. The molecule has 3 aromatic rings. The monoisotopic (exact) mass is 423 g/mol. The van der Waals surface area contributed by atoms with Crippen molar-refractivity contribution in [1.82, 2.24) is 9.97 Å². The van der Waals surface area contributed by atoms with Crippen LogP contribution in [-0.4, -0.2) is 28.0 Å². The Hall–Kier alpha value is -2.17. The SMILES string of the molecule is N[C@H]1CCCC[C@H]1Nc1cnc2scc(C(=O)Nc3cscc3C(F)F)c2n1. The number of amides is 1. The van der Waals surface area contributed by atoms with Crippen LogP contribution in [-0.2, 0) is 0 Å². The quantitative estimate of drug-likeness (QED) is 0.557. The molecule has 10 heteroatoms. The molecule has 4 rings (SSSR count). The number of nitrogens with one attached hydrogen (secondary N) is 2. The fourth-order valence-electron chi connectivity index (χ4n) is 3.34. The number of hydrogen-bond donors (Lipinski definition) is 3. The molecule has 0 unspecified atom stereocenters. The van der Waals surface area contributed by atoms with E-state index in [1.54, 1.807) is 11.6 Å². The maximum absolute atomic E-state index is 13.0. The van der Waals surface area contributed by atoms with Crippen molar-refractivity contribution in [2.45, 2.75) is 44.2 Å². The molecule has 0 aliphatic heterocycles. The van der Waals surface area contributed by atoms with E-state index in [0.717, 1.165) is 37.0 Å². The number of fused-ring (bicyclic) bond motifs is 1. The van der Waals surface area contributed by atoms with Crippen LogP contribution >= 0.6 is 22.7 Å². The van der Waals surface area contributed by atoms with E-state index in [1.165, 1.54) is 22.1 Å². The lowest BCUT2D eigenvalue weighted by atomic mass is 9.91. The summed E-state index contributed by atoms with van der Waals surface area (Å²) in [6.07, 6.45) is 3.16. The number of nitrogens with two attached hydrogens (primary N) is 1. The molecular formula is C18H19F2N5OS2. The minimum atomic E-state index is -2.64. The number of halogens is 2. The second-order valence-electron chi connectivity index (χ2n) is 6.75. The van der Waals surface area contributed by atoms with Crippen LogP contribution in [0.25, 0.3) is 10.3 Å². The number of thiophene rings is 2. The molecule has 0 saturated heterocycles. The van der Waals surface area contributed by atoms with Crippen LogP contribution in [0.3, 0.4) is 0 Å². The van der Waals surface area contributed by atoms with Gasteiger partial charge in [-0.05, 0) is 12.8 Å². The van der Waals surface area contributed by atoms with Crippen molar-refractivity contribution in [3.63, 3.8) is 0 Å². The fraction of sp³-hybridized carbons (Fsp3) is 0.389. The summed E-state index contributed by atoms with van der Waals surface area (Å²) in [5.41, 5.74) is 6.89. The molecule has 28 heavy (non-hydrogen) atoms. The van der Waals surface area contributed by atoms with Gasteiger partial charge in [-0.3, -0.25) is 4.79 Å². The second kappa shape index (κ2) is 8.06. The zero-order valence-electron chi connectivity index (χ0n) is 14.8. The fourth-order valence-corrected chi connectivity index (χ4v) is 4.94. The minimum absolute atomic E-state index is 0.0582. The van der Waals surface area contributed by atoms with Crippen LogP contribution in [0.4, 0.5) is 20.3 Å². The molecule has 1 aliphatic carbocycles. The number of alkyl halides is 2. The standard InChI is InChI=1S/C18H19F2N5OS2/c19-16(20)9-6-27-8-13(9)24-17(26)10-7-28-18-15(10)25-14(5-22-18)23-12-4-2-1-3-11(12)21/h5-8,11-12,16H,1-4,21H2,(H,23,25)(H,24,26)/t11-,12+/m0/s1. The predicted molar refractivity (Wildman–Crippen MR) is 108 cm³/mol. The molecule has 0 bridgehead atoms. The molecule has 0 spiro atoms.